The molecule has 0 aliphatic carbocycles. The third kappa shape index (κ3) is 5.18. The van der Waals surface area contributed by atoms with Gasteiger partial charge in [0.25, 0.3) is 0 Å². The molecule has 1 N–H and O–H groups in total. The molecule has 0 saturated carbocycles. The highest BCUT2D eigenvalue weighted by atomic mass is 35.5. The molecule has 112 valence electrons. The van der Waals surface area contributed by atoms with Crippen LogP contribution in [-0.2, 0) is 4.79 Å². The van der Waals surface area contributed by atoms with Crippen LogP contribution in [0.2, 0.25) is 5.02 Å². The molecule has 21 heavy (non-hydrogen) atoms. The number of benzene rings is 1. The summed E-state index contributed by atoms with van der Waals surface area (Å²) >= 11 is 10.3. The molecule has 0 bridgehead atoms. The number of anilines is 1. The van der Waals surface area contributed by atoms with Gasteiger partial charge in [0.2, 0.25) is 11.0 Å². The average Bonchev–Trinajstić information content (AvgIpc) is 2.89. The molecular formula is C13H14ClN3OS3. The lowest BCUT2D eigenvalue weighted by Gasteiger charge is -2.10. The minimum atomic E-state index is -0.225. The second kappa shape index (κ2) is 8.03. The number of nitrogens with one attached hydrogen (secondary N) is 1. The summed E-state index contributed by atoms with van der Waals surface area (Å²) in [6.45, 7) is 3.91. The monoisotopic (exact) mass is 359 g/mol. The van der Waals surface area contributed by atoms with Crippen LogP contribution in [0.3, 0.4) is 0 Å². The van der Waals surface area contributed by atoms with Crippen LogP contribution in [-0.4, -0.2) is 27.1 Å². The van der Waals surface area contributed by atoms with Gasteiger partial charge in [-0.25, -0.2) is 0 Å². The first-order valence-electron chi connectivity index (χ1n) is 6.28. The number of nitrogens with zero attached hydrogens (tertiary/aromatic N) is 2. The first-order chi connectivity index (χ1) is 10.1. The van der Waals surface area contributed by atoms with Crippen molar-refractivity contribution in [2.24, 2.45) is 0 Å². The molecule has 1 aromatic carbocycles. The zero-order valence-electron chi connectivity index (χ0n) is 11.5. The number of carbonyl (C=O) groups is 1. The predicted molar refractivity (Wildman–Crippen MR) is 91.7 cm³/mol. The van der Waals surface area contributed by atoms with Crippen LogP contribution in [0.4, 0.5) is 5.13 Å². The van der Waals surface area contributed by atoms with E-state index in [-0.39, 0.29) is 11.2 Å². The Morgan fingerprint density at radius 2 is 2.10 bits per heavy atom. The van der Waals surface area contributed by atoms with E-state index in [9.17, 15) is 4.79 Å². The van der Waals surface area contributed by atoms with E-state index in [1.165, 1.54) is 23.1 Å². The van der Waals surface area contributed by atoms with Crippen LogP contribution in [0.1, 0.15) is 13.8 Å². The molecule has 1 amide bonds. The lowest BCUT2D eigenvalue weighted by Crippen LogP contribution is -2.22. The van der Waals surface area contributed by atoms with E-state index in [0.717, 1.165) is 15.0 Å². The molecule has 4 nitrogen and oxygen atoms in total. The van der Waals surface area contributed by atoms with Crippen molar-refractivity contribution < 1.29 is 4.79 Å². The van der Waals surface area contributed by atoms with Crippen LogP contribution < -0.4 is 5.32 Å². The minimum absolute atomic E-state index is 0.0841. The topological polar surface area (TPSA) is 54.9 Å². The summed E-state index contributed by atoms with van der Waals surface area (Å²) in [6.07, 6.45) is 0. The molecule has 0 saturated heterocycles. The van der Waals surface area contributed by atoms with Gasteiger partial charge >= 0.3 is 0 Å². The third-order valence-corrected chi connectivity index (χ3v) is 5.62. The van der Waals surface area contributed by atoms with Crippen molar-refractivity contribution in [3.63, 3.8) is 0 Å². The Labute approximate surface area is 141 Å². The normalized spacial score (nSPS) is 12.1. The number of thioether (sulfide) groups is 2. The largest absolute Gasteiger partial charge is 0.300 e. The Hall–Kier alpha value is -0.760. The van der Waals surface area contributed by atoms with Crippen LogP contribution in [0, 0.1) is 0 Å². The maximum absolute atomic E-state index is 12.1. The summed E-state index contributed by atoms with van der Waals surface area (Å²) in [5, 5.41) is 11.8. The first-order valence-corrected chi connectivity index (χ1v) is 9.34. The zero-order valence-corrected chi connectivity index (χ0v) is 14.7. The SMILES string of the molecule is CCSc1nnc(NC(=O)C(C)Sc2ccc(Cl)cc2)s1. The van der Waals surface area contributed by atoms with Crippen LogP contribution in [0.15, 0.2) is 33.5 Å². The molecule has 0 aliphatic rings. The van der Waals surface area contributed by atoms with Gasteiger partial charge in [-0.05, 0) is 36.9 Å². The van der Waals surface area contributed by atoms with Crippen molar-refractivity contribution in [2.45, 2.75) is 28.3 Å². The van der Waals surface area contributed by atoms with E-state index in [4.69, 9.17) is 11.6 Å². The van der Waals surface area contributed by atoms with Crippen molar-refractivity contribution in [3.8, 4) is 0 Å². The van der Waals surface area contributed by atoms with Crippen molar-refractivity contribution >= 4 is 57.5 Å². The number of carbonyl (C=O) groups excluding carboxylic acids is 1. The van der Waals surface area contributed by atoms with Gasteiger partial charge in [-0.2, -0.15) is 0 Å². The summed E-state index contributed by atoms with van der Waals surface area (Å²) in [4.78, 5) is 13.1. The quantitative estimate of drug-likeness (QED) is 0.611. The minimum Gasteiger partial charge on any atom is -0.300 e. The van der Waals surface area contributed by atoms with Gasteiger partial charge in [0.1, 0.15) is 0 Å². The summed E-state index contributed by atoms with van der Waals surface area (Å²) in [7, 11) is 0. The molecule has 1 heterocycles. The molecular weight excluding hydrogens is 346 g/mol. The van der Waals surface area contributed by atoms with E-state index >= 15 is 0 Å². The maximum atomic E-state index is 12.1. The summed E-state index contributed by atoms with van der Waals surface area (Å²) in [5.41, 5.74) is 0. The smallest absolute Gasteiger partial charge is 0.239 e. The number of halogens is 1. The van der Waals surface area contributed by atoms with Crippen molar-refractivity contribution in [3.05, 3.63) is 29.3 Å². The van der Waals surface area contributed by atoms with Gasteiger partial charge < -0.3 is 0 Å². The van der Waals surface area contributed by atoms with Gasteiger partial charge in [-0.1, -0.05) is 41.6 Å². The molecule has 0 radical (unpaired) electrons. The second-order valence-corrected chi connectivity index (χ2v) is 8.35. The molecule has 1 aromatic heterocycles. The number of amides is 1. The predicted octanol–water partition coefficient (Wildman–Crippen LogP) is 4.42. The van der Waals surface area contributed by atoms with Crippen LogP contribution in [0.25, 0.3) is 0 Å². The highest BCUT2D eigenvalue weighted by Crippen LogP contribution is 2.28. The lowest BCUT2D eigenvalue weighted by molar-refractivity contribution is -0.115. The van der Waals surface area contributed by atoms with Gasteiger partial charge in [-0.3, -0.25) is 10.1 Å². The fourth-order valence-corrected chi connectivity index (χ4v) is 4.07. The molecule has 0 fully saturated rings. The Morgan fingerprint density at radius 3 is 2.76 bits per heavy atom. The number of hydrogen-bond donors (Lipinski definition) is 1. The van der Waals surface area contributed by atoms with Crippen molar-refractivity contribution in [2.75, 3.05) is 11.1 Å². The van der Waals surface area contributed by atoms with Gasteiger partial charge in [-0.15, -0.1) is 22.0 Å². The fraction of sp³-hybridized carbons (Fsp3) is 0.308. The molecule has 2 aromatic rings. The second-order valence-electron chi connectivity index (χ2n) is 4.01. The van der Waals surface area contributed by atoms with E-state index < -0.39 is 0 Å². The van der Waals surface area contributed by atoms with Crippen molar-refractivity contribution in [1.29, 1.82) is 0 Å². The highest BCUT2D eigenvalue weighted by Gasteiger charge is 2.16. The number of rotatable bonds is 6. The molecule has 0 spiro atoms. The first kappa shape index (κ1) is 16.6. The van der Waals surface area contributed by atoms with Gasteiger partial charge in [0, 0.05) is 9.92 Å². The Balaban J connectivity index is 1.90. The lowest BCUT2D eigenvalue weighted by atomic mass is 10.4. The van der Waals surface area contributed by atoms with Crippen molar-refractivity contribution in [1.82, 2.24) is 10.2 Å². The zero-order chi connectivity index (χ0) is 15.2. The summed E-state index contributed by atoms with van der Waals surface area (Å²) < 4.78 is 0.866. The molecule has 1 unspecified atom stereocenters. The maximum Gasteiger partial charge on any atom is 0.239 e. The van der Waals surface area contributed by atoms with Gasteiger partial charge in [0.15, 0.2) is 4.34 Å². The van der Waals surface area contributed by atoms with Gasteiger partial charge in [0.05, 0.1) is 5.25 Å². The van der Waals surface area contributed by atoms with E-state index in [1.54, 1.807) is 11.8 Å². The van der Waals surface area contributed by atoms with Crippen LogP contribution >= 0.6 is 46.5 Å². The molecule has 8 heteroatoms. The average molecular weight is 360 g/mol. The number of hydrogen-bond acceptors (Lipinski definition) is 6. The van der Waals surface area contributed by atoms with Crippen LogP contribution in [0.5, 0.6) is 0 Å². The summed E-state index contributed by atoms with van der Waals surface area (Å²) in [5.74, 6) is 0.852. The highest BCUT2D eigenvalue weighted by molar-refractivity contribution is 8.01. The third-order valence-electron chi connectivity index (χ3n) is 2.40. The summed E-state index contributed by atoms with van der Waals surface area (Å²) in [6, 6.07) is 7.43. The Kier molecular flexibility index (Phi) is 6.35. The fourth-order valence-electron chi connectivity index (χ4n) is 1.42. The van der Waals surface area contributed by atoms with E-state index in [1.807, 2.05) is 31.2 Å². The standard InChI is InChI=1S/C13H14ClN3OS3/c1-3-19-13-17-16-12(21-13)15-11(18)8(2)20-10-6-4-9(14)5-7-10/h4-8H,3H2,1-2H3,(H,15,16,18). The Bertz CT molecular complexity index is 603. The van der Waals surface area contributed by atoms with E-state index in [0.29, 0.717) is 10.2 Å². The molecule has 2 rings (SSSR count). The van der Waals surface area contributed by atoms with E-state index in [2.05, 4.69) is 22.4 Å². The molecule has 0 aliphatic heterocycles. The number of aromatic nitrogens is 2. The Morgan fingerprint density at radius 1 is 1.38 bits per heavy atom. The molecule has 1 atom stereocenters.